The molecule has 1 unspecified atom stereocenters. The average molecular weight is 411 g/mol. The molecule has 0 saturated heterocycles. The lowest BCUT2D eigenvalue weighted by Gasteiger charge is -2.09. The predicted molar refractivity (Wildman–Crippen MR) is 108 cm³/mol. The van der Waals surface area contributed by atoms with Gasteiger partial charge >= 0.3 is 0 Å². The van der Waals surface area contributed by atoms with E-state index < -0.39 is 6.10 Å². The second-order valence-corrected chi connectivity index (χ2v) is 8.20. The first kappa shape index (κ1) is 18.3. The lowest BCUT2D eigenvalue weighted by Crippen LogP contribution is -2.06. The van der Waals surface area contributed by atoms with E-state index in [9.17, 15) is 5.11 Å². The van der Waals surface area contributed by atoms with Gasteiger partial charge in [0.25, 0.3) is 0 Å². The standard InChI is InChI=1S/C20H21N5O3S/c26-8-1-9-28-15-6-4-14(5-7-15)25-11-16(22-23-25)19(27)18-20(13-2-3-13)29-17-10-21-12-24(17)18/h4-7,10-13,19,26-27H,1-3,8-9H2. The summed E-state index contributed by atoms with van der Waals surface area (Å²) in [5.74, 6) is 1.26. The highest BCUT2D eigenvalue weighted by Crippen LogP contribution is 2.47. The molecule has 1 fully saturated rings. The maximum atomic E-state index is 11.1. The molecule has 1 aromatic carbocycles. The van der Waals surface area contributed by atoms with Crippen molar-refractivity contribution in [3.63, 3.8) is 0 Å². The van der Waals surface area contributed by atoms with Crippen LogP contribution < -0.4 is 4.74 Å². The summed E-state index contributed by atoms with van der Waals surface area (Å²) in [7, 11) is 0. The summed E-state index contributed by atoms with van der Waals surface area (Å²) in [6, 6.07) is 7.47. The van der Waals surface area contributed by atoms with Crippen LogP contribution in [0.15, 0.2) is 43.0 Å². The van der Waals surface area contributed by atoms with E-state index in [-0.39, 0.29) is 6.61 Å². The zero-order valence-corrected chi connectivity index (χ0v) is 16.5. The molecule has 0 radical (unpaired) electrons. The second kappa shape index (κ2) is 7.58. The minimum Gasteiger partial charge on any atom is -0.494 e. The van der Waals surface area contributed by atoms with Crippen LogP contribution in [0.3, 0.4) is 0 Å². The SMILES string of the molecule is OCCCOc1ccc(-n2cc(C(O)c3c(C4CC4)sc4cncn34)nn2)cc1. The van der Waals surface area contributed by atoms with Gasteiger partial charge in [0.2, 0.25) is 0 Å². The quantitative estimate of drug-likeness (QED) is 0.433. The van der Waals surface area contributed by atoms with Crippen molar-refractivity contribution >= 4 is 16.2 Å². The molecule has 8 nitrogen and oxygen atoms in total. The molecular weight excluding hydrogens is 390 g/mol. The highest BCUT2D eigenvalue weighted by Gasteiger charge is 2.33. The van der Waals surface area contributed by atoms with Crippen LogP contribution in [0, 0.1) is 0 Å². The van der Waals surface area contributed by atoms with Crippen LogP contribution in [0.2, 0.25) is 0 Å². The van der Waals surface area contributed by atoms with E-state index in [1.54, 1.807) is 28.5 Å². The molecule has 2 N–H and O–H groups in total. The van der Waals surface area contributed by atoms with Gasteiger partial charge in [-0.25, -0.2) is 9.67 Å². The number of ether oxygens (including phenoxy) is 1. The van der Waals surface area contributed by atoms with Crippen molar-refractivity contribution < 1.29 is 14.9 Å². The van der Waals surface area contributed by atoms with Crippen molar-refractivity contribution in [2.75, 3.05) is 13.2 Å². The molecule has 1 saturated carbocycles. The first-order chi connectivity index (χ1) is 14.2. The molecule has 5 rings (SSSR count). The van der Waals surface area contributed by atoms with Gasteiger partial charge in [-0.1, -0.05) is 5.21 Å². The smallest absolute Gasteiger partial charge is 0.141 e. The third kappa shape index (κ3) is 3.52. The summed E-state index contributed by atoms with van der Waals surface area (Å²) >= 11 is 1.69. The number of benzene rings is 1. The van der Waals surface area contributed by atoms with Gasteiger partial charge in [0.1, 0.15) is 28.7 Å². The fraction of sp³-hybridized carbons (Fsp3) is 0.350. The topological polar surface area (TPSA) is 97.7 Å². The Morgan fingerprint density at radius 1 is 1.24 bits per heavy atom. The summed E-state index contributed by atoms with van der Waals surface area (Å²) in [6.07, 6.45) is 7.39. The van der Waals surface area contributed by atoms with Crippen LogP contribution in [-0.2, 0) is 0 Å². The van der Waals surface area contributed by atoms with Crippen LogP contribution in [0.4, 0.5) is 0 Å². The van der Waals surface area contributed by atoms with E-state index in [0.717, 1.165) is 34.8 Å². The van der Waals surface area contributed by atoms with E-state index in [0.29, 0.717) is 24.6 Å². The first-order valence-corrected chi connectivity index (χ1v) is 10.5. The minimum atomic E-state index is -0.858. The predicted octanol–water partition coefficient (Wildman–Crippen LogP) is 2.70. The lowest BCUT2D eigenvalue weighted by atomic mass is 10.1. The van der Waals surface area contributed by atoms with E-state index in [4.69, 9.17) is 9.84 Å². The van der Waals surface area contributed by atoms with Crippen molar-refractivity contribution in [3.05, 3.63) is 59.3 Å². The molecule has 1 atom stereocenters. The van der Waals surface area contributed by atoms with Gasteiger partial charge in [0, 0.05) is 17.9 Å². The summed E-state index contributed by atoms with van der Waals surface area (Å²) < 4.78 is 9.15. The molecule has 29 heavy (non-hydrogen) atoms. The number of imidazole rings is 1. The normalized spacial score (nSPS) is 15.1. The maximum absolute atomic E-state index is 11.1. The molecule has 1 aliphatic rings. The van der Waals surface area contributed by atoms with Gasteiger partial charge in [-0.15, -0.1) is 16.4 Å². The largest absolute Gasteiger partial charge is 0.494 e. The van der Waals surface area contributed by atoms with Crippen molar-refractivity contribution in [3.8, 4) is 11.4 Å². The number of aliphatic hydroxyl groups is 2. The van der Waals surface area contributed by atoms with Gasteiger partial charge < -0.3 is 14.9 Å². The fourth-order valence-corrected chi connectivity index (χ4v) is 4.65. The Morgan fingerprint density at radius 2 is 2.07 bits per heavy atom. The molecule has 3 aromatic heterocycles. The van der Waals surface area contributed by atoms with Crippen molar-refractivity contribution in [2.24, 2.45) is 0 Å². The molecule has 0 amide bonds. The highest BCUT2D eigenvalue weighted by molar-refractivity contribution is 7.17. The maximum Gasteiger partial charge on any atom is 0.141 e. The number of rotatable bonds is 8. The molecule has 1 aliphatic carbocycles. The van der Waals surface area contributed by atoms with Crippen molar-refractivity contribution in [2.45, 2.75) is 31.3 Å². The zero-order valence-electron chi connectivity index (χ0n) is 15.7. The second-order valence-electron chi connectivity index (χ2n) is 7.14. The van der Waals surface area contributed by atoms with E-state index in [2.05, 4.69) is 15.3 Å². The van der Waals surface area contributed by atoms with E-state index in [1.807, 2.05) is 34.9 Å². The molecule has 0 aliphatic heterocycles. The molecule has 4 aromatic rings. The molecule has 9 heteroatoms. The number of hydrogen-bond donors (Lipinski definition) is 2. The highest BCUT2D eigenvalue weighted by atomic mass is 32.1. The van der Waals surface area contributed by atoms with Gasteiger partial charge in [-0.3, -0.25) is 4.40 Å². The summed E-state index contributed by atoms with van der Waals surface area (Å²) in [6.45, 7) is 0.586. The van der Waals surface area contributed by atoms with E-state index in [1.165, 1.54) is 4.88 Å². The Labute approximate surface area is 171 Å². The van der Waals surface area contributed by atoms with Gasteiger partial charge in [0.05, 0.1) is 30.4 Å². The monoisotopic (exact) mass is 411 g/mol. The van der Waals surface area contributed by atoms with Gasteiger partial charge in [-0.2, -0.15) is 0 Å². The summed E-state index contributed by atoms with van der Waals surface area (Å²) in [5.41, 5.74) is 2.18. The Balaban J connectivity index is 1.39. The van der Waals surface area contributed by atoms with E-state index >= 15 is 0 Å². The molecule has 0 spiro atoms. The Kier molecular flexibility index (Phi) is 4.78. The van der Waals surface area contributed by atoms with Crippen LogP contribution in [0.5, 0.6) is 5.75 Å². The average Bonchev–Trinajstić information content (AvgIpc) is 3.15. The number of nitrogens with zero attached hydrogens (tertiary/aromatic N) is 5. The first-order valence-electron chi connectivity index (χ1n) is 9.63. The minimum absolute atomic E-state index is 0.111. The number of fused-ring (bicyclic) bond motifs is 1. The number of aromatic nitrogens is 5. The Morgan fingerprint density at radius 3 is 2.83 bits per heavy atom. The Hall–Kier alpha value is -2.75. The van der Waals surface area contributed by atoms with Crippen LogP contribution >= 0.6 is 11.3 Å². The zero-order chi connectivity index (χ0) is 19.8. The number of hydrogen-bond acceptors (Lipinski definition) is 7. The van der Waals surface area contributed by atoms with Gasteiger partial charge in [0.15, 0.2) is 0 Å². The van der Waals surface area contributed by atoms with Crippen LogP contribution in [0.25, 0.3) is 10.5 Å². The number of thiazole rings is 1. The van der Waals surface area contributed by atoms with Crippen molar-refractivity contribution in [1.29, 1.82) is 0 Å². The van der Waals surface area contributed by atoms with Crippen LogP contribution in [-0.4, -0.2) is 47.8 Å². The summed E-state index contributed by atoms with van der Waals surface area (Å²) in [5, 5.41) is 28.3. The molecular formula is C20H21N5O3S. The van der Waals surface area contributed by atoms with Crippen molar-refractivity contribution in [1.82, 2.24) is 24.4 Å². The van der Waals surface area contributed by atoms with Gasteiger partial charge in [-0.05, 0) is 43.0 Å². The Bertz CT molecular complexity index is 1110. The molecule has 3 heterocycles. The third-order valence-corrected chi connectivity index (χ3v) is 6.28. The number of aliphatic hydroxyl groups excluding tert-OH is 2. The molecule has 0 bridgehead atoms. The van der Waals surface area contributed by atoms with Crippen LogP contribution in [0.1, 0.15) is 47.5 Å². The lowest BCUT2D eigenvalue weighted by molar-refractivity contribution is 0.208. The third-order valence-electron chi connectivity index (χ3n) is 5.00. The fourth-order valence-electron chi connectivity index (χ4n) is 3.35. The molecule has 150 valence electrons. The summed E-state index contributed by atoms with van der Waals surface area (Å²) in [4.78, 5) is 6.45.